The molecule has 0 radical (unpaired) electrons. The molecule has 2 aromatic rings. The van der Waals surface area contributed by atoms with Crippen LogP contribution in [0, 0.1) is 0 Å². The maximum absolute atomic E-state index is 11.6. The van der Waals surface area contributed by atoms with E-state index >= 15 is 0 Å². The third kappa shape index (κ3) is 2.35. The van der Waals surface area contributed by atoms with Crippen molar-refractivity contribution in [1.82, 2.24) is 0 Å². The quantitative estimate of drug-likeness (QED) is 0.745. The van der Waals surface area contributed by atoms with Gasteiger partial charge in [0.2, 0.25) is 0 Å². The lowest BCUT2D eigenvalue weighted by molar-refractivity contribution is -0.130. The molecule has 1 aliphatic carbocycles. The van der Waals surface area contributed by atoms with Gasteiger partial charge in [0.1, 0.15) is 11.6 Å². The molecule has 2 nitrogen and oxygen atoms in total. The molecule has 0 saturated heterocycles. The number of carbonyl (C=O) groups excluding carboxylic acids is 2. The first kappa shape index (κ1) is 12.5. The number of carbonyl (C=O) groups is 2. The van der Waals surface area contributed by atoms with Gasteiger partial charge in [-0.15, -0.1) is 0 Å². The summed E-state index contributed by atoms with van der Waals surface area (Å²) in [5.74, 6) is 0.160. The molecule has 0 spiro atoms. The molecule has 0 aliphatic heterocycles. The number of hydrogen-bond donors (Lipinski definition) is 0. The van der Waals surface area contributed by atoms with Gasteiger partial charge in [-0.25, -0.2) is 0 Å². The van der Waals surface area contributed by atoms with Crippen molar-refractivity contribution in [2.24, 2.45) is 0 Å². The Bertz CT molecular complexity index is 660. The van der Waals surface area contributed by atoms with E-state index in [1.807, 2.05) is 24.3 Å². The Morgan fingerprint density at radius 3 is 2.21 bits per heavy atom. The standard InChI is InChI=1S/C16H13BrO2/c17-16-6-5-13(14-3-1-2-4-15(14)16)10-7-11(18)9-12(19)8-10/h1-6,10H,7-9H2. The highest BCUT2D eigenvalue weighted by molar-refractivity contribution is 9.10. The Morgan fingerprint density at radius 2 is 1.53 bits per heavy atom. The smallest absolute Gasteiger partial charge is 0.140 e. The van der Waals surface area contributed by atoms with Crippen LogP contribution in [0.5, 0.6) is 0 Å². The van der Waals surface area contributed by atoms with E-state index in [4.69, 9.17) is 0 Å². The summed E-state index contributed by atoms with van der Waals surface area (Å²) in [6, 6.07) is 12.1. The van der Waals surface area contributed by atoms with Crippen molar-refractivity contribution in [3.8, 4) is 0 Å². The van der Waals surface area contributed by atoms with E-state index in [-0.39, 0.29) is 23.9 Å². The van der Waals surface area contributed by atoms with Crippen molar-refractivity contribution in [1.29, 1.82) is 0 Å². The lowest BCUT2D eigenvalue weighted by atomic mass is 9.81. The third-order valence-corrected chi connectivity index (χ3v) is 4.38. The van der Waals surface area contributed by atoms with Crippen LogP contribution in [0.4, 0.5) is 0 Å². The molecular formula is C16H13BrO2. The molecular weight excluding hydrogens is 304 g/mol. The SMILES string of the molecule is O=C1CC(=O)CC(c2ccc(Br)c3ccccc23)C1. The molecule has 0 N–H and O–H groups in total. The maximum Gasteiger partial charge on any atom is 0.140 e. The molecule has 0 heterocycles. The van der Waals surface area contributed by atoms with Gasteiger partial charge in [0, 0.05) is 17.3 Å². The summed E-state index contributed by atoms with van der Waals surface area (Å²) in [5.41, 5.74) is 1.11. The highest BCUT2D eigenvalue weighted by atomic mass is 79.9. The van der Waals surface area contributed by atoms with E-state index < -0.39 is 0 Å². The first-order valence-electron chi connectivity index (χ1n) is 6.35. The molecule has 19 heavy (non-hydrogen) atoms. The fraction of sp³-hybridized carbons (Fsp3) is 0.250. The molecule has 0 amide bonds. The van der Waals surface area contributed by atoms with Crippen LogP contribution in [0.3, 0.4) is 0 Å². The number of rotatable bonds is 1. The molecule has 0 atom stereocenters. The monoisotopic (exact) mass is 316 g/mol. The lowest BCUT2D eigenvalue weighted by Gasteiger charge is -2.22. The van der Waals surface area contributed by atoms with Gasteiger partial charge < -0.3 is 0 Å². The zero-order valence-electron chi connectivity index (χ0n) is 10.4. The predicted octanol–water partition coefficient (Wildman–Crippen LogP) is 4.01. The zero-order valence-corrected chi connectivity index (χ0v) is 11.9. The summed E-state index contributed by atoms with van der Waals surface area (Å²) in [4.78, 5) is 23.3. The van der Waals surface area contributed by atoms with Crippen LogP contribution >= 0.6 is 15.9 Å². The van der Waals surface area contributed by atoms with Crippen molar-refractivity contribution in [3.05, 3.63) is 46.4 Å². The first-order chi connectivity index (χ1) is 9.15. The summed E-state index contributed by atoms with van der Waals surface area (Å²) in [6.07, 6.45) is 1.08. The van der Waals surface area contributed by atoms with Crippen molar-refractivity contribution in [3.63, 3.8) is 0 Å². The number of Topliss-reactive ketones (excluding diaryl/α,β-unsaturated/α-hetero) is 2. The Kier molecular flexibility index (Phi) is 3.23. The molecule has 1 fully saturated rings. The third-order valence-electron chi connectivity index (χ3n) is 3.69. The van der Waals surface area contributed by atoms with Gasteiger partial charge in [-0.2, -0.15) is 0 Å². The normalized spacial score (nSPS) is 17.1. The number of ketones is 2. The molecule has 2 aromatic carbocycles. The van der Waals surface area contributed by atoms with Gasteiger partial charge in [-0.05, 0) is 28.3 Å². The molecule has 3 heteroatoms. The molecule has 0 bridgehead atoms. The summed E-state index contributed by atoms with van der Waals surface area (Å²) in [5, 5.41) is 2.26. The summed E-state index contributed by atoms with van der Waals surface area (Å²) in [6.45, 7) is 0. The van der Waals surface area contributed by atoms with Crippen LogP contribution in [-0.2, 0) is 9.59 Å². The zero-order chi connectivity index (χ0) is 13.4. The second-order valence-corrected chi connectivity index (χ2v) is 5.90. The van der Waals surface area contributed by atoms with Gasteiger partial charge in [0.25, 0.3) is 0 Å². The molecule has 3 rings (SSSR count). The molecule has 0 aromatic heterocycles. The highest BCUT2D eigenvalue weighted by Gasteiger charge is 2.27. The van der Waals surface area contributed by atoms with E-state index in [9.17, 15) is 9.59 Å². The number of halogens is 1. The fourth-order valence-electron chi connectivity index (χ4n) is 2.85. The van der Waals surface area contributed by atoms with Gasteiger partial charge in [0.15, 0.2) is 0 Å². The largest absolute Gasteiger partial charge is 0.299 e. The minimum absolute atomic E-state index is 0.0340. The lowest BCUT2D eigenvalue weighted by Crippen LogP contribution is -2.21. The minimum atomic E-state index is 0.0340. The summed E-state index contributed by atoms with van der Waals surface area (Å²) < 4.78 is 1.04. The number of fused-ring (bicyclic) bond motifs is 1. The van der Waals surface area contributed by atoms with Gasteiger partial charge in [-0.3, -0.25) is 9.59 Å². The summed E-state index contributed by atoms with van der Waals surface area (Å²) in [7, 11) is 0. The van der Waals surface area contributed by atoms with Crippen LogP contribution in [0.25, 0.3) is 10.8 Å². The van der Waals surface area contributed by atoms with Crippen molar-refractivity contribution in [2.75, 3.05) is 0 Å². The van der Waals surface area contributed by atoms with Crippen LogP contribution in [0.15, 0.2) is 40.9 Å². The minimum Gasteiger partial charge on any atom is -0.299 e. The highest BCUT2D eigenvalue weighted by Crippen LogP contribution is 2.36. The second kappa shape index (κ2) is 4.89. The number of hydrogen-bond acceptors (Lipinski definition) is 2. The van der Waals surface area contributed by atoms with Gasteiger partial charge >= 0.3 is 0 Å². The van der Waals surface area contributed by atoms with Crippen LogP contribution in [0.1, 0.15) is 30.7 Å². The number of benzene rings is 2. The topological polar surface area (TPSA) is 34.1 Å². The first-order valence-corrected chi connectivity index (χ1v) is 7.15. The van der Waals surface area contributed by atoms with Crippen LogP contribution in [-0.4, -0.2) is 11.6 Å². The average Bonchev–Trinajstić information content (AvgIpc) is 2.38. The van der Waals surface area contributed by atoms with Crippen LogP contribution in [0.2, 0.25) is 0 Å². The Morgan fingerprint density at radius 1 is 0.895 bits per heavy atom. The Balaban J connectivity index is 2.12. The van der Waals surface area contributed by atoms with E-state index in [0.717, 1.165) is 20.8 Å². The average molecular weight is 317 g/mol. The van der Waals surface area contributed by atoms with E-state index in [2.05, 4.69) is 28.1 Å². The van der Waals surface area contributed by atoms with E-state index in [1.165, 1.54) is 0 Å². The van der Waals surface area contributed by atoms with E-state index in [0.29, 0.717) is 12.8 Å². The molecule has 0 unspecified atom stereocenters. The summed E-state index contributed by atoms with van der Waals surface area (Å²) >= 11 is 3.54. The Hall–Kier alpha value is -1.48. The van der Waals surface area contributed by atoms with Gasteiger partial charge in [0.05, 0.1) is 6.42 Å². The molecule has 96 valence electrons. The van der Waals surface area contributed by atoms with Crippen molar-refractivity contribution >= 4 is 38.3 Å². The van der Waals surface area contributed by atoms with E-state index in [1.54, 1.807) is 0 Å². The Labute approximate surface area is 119 Å². The second-order valence-electron chi connectivity index (χ2n) is 5.04. The molecule has 1 saturated carbocycles. The fourth-order valence-corrected chi connectivity index (χ4v) is 3.33. The van der Waals surface area contributed by atoms with Crippen LogP contribution < -0.4 is 0 Å². The maximum atomic E-state index is 11.6. The van der Waals surface area contributed by atoms with Crippen molar-refractivity contribution < 1.29 is 9.59 Å². The predicted molar refractivity (Wildman–Crippen MR) is 78.3 cm³/mol. The van der Waals surface area contributed by atoms with Crippen molar-refractivity contribution in [2.45, 2.75) is 25.2 Å². The van der Waals surface area contributed by atoms with Gasteiger partial charge in [-0.1, -0.05) is 46.3 Å². The molecule has 1 aliphatic rings.